The van der Waals surface area contributed by atoms with Crippen LogP contribution in [0.3, 0.4) is 0 Å². The Morgan fingerprint density at radius 2 is 1.70 bits per heavy atom. The minimum atomic E-state index is -4.54. The SMILES string of the molecule is COP(=O)(OC)C(Nc1cccc(C(F)(F)F)c1)c1ccc(C(=O)O)cc1. The molecule has 2 rings (SSSR count). The molecule has 0 aliphatic carbocycles. The molecule has 10 heteroatoms. The lowest BCUT2D eigenvalue weighted by atomic mass is 10.1. The first kappa shape index (κ1) is 21.0. The molecule has 0 radical (unpaired) electrons. The van der Waals surface area contributed by atoms with Crippen molar-refractivity contribution in [3.05, 3.63) is 65.2 Å². The number of anilines is 1. The number of rotatable bonds is 7. The van der Waals surface area contributed by atoms with Crippen LogP contribution in [0.2, 0.25) is 0 Å². The molecular weight excluding hydrogens is 386 g/mol. The van der Waals surface area contributed by atoms with Gasteiger partial charge in [-0.3, -0.25) is 4.57 Å². The van der Waals surface area contributed by atoms with Gasteiger partial charge in [0.25, 0.3) is 0 Å². The van der Waals surface area contributed by atoms with E-state index < -0.39 is 31.1 Å². The second-order valence-electron chi connectivity index (χ2n) is 5.46. The van der Waals surface area contributed by atoms with Crippen LogP contribution >= 0.6 is 7.60 Å². The summed E-state index contributed by atoms with van der Waals surface area (Å²) in [4.78, 5) is 11.0. The highest BCUT2D eigenvalue weighted by atomic mass is 31.2. The van der Waals surface area contributed by atoms with Crippen molar-refractivity contribution in [1.82, 2.24) is 0 Å². The van der Waals surface area contributed by atoms with E-state index in [0.29, 0.717) is 5.56 Å². The zero-order chi connectivity index (χ0) is 20.2. The normalized spacial score (nSPS) is 13.2. The summed E-state index contributed by atoms with van der Waals surface area (Å²) in [7, 11) is -1.51. The molecule has 2 aromatic rings. The van der Waals surface area contributed by atoms with Crippen LogP contribution in [0.4, 0.5) is 18.9 Å². The van der Waals surface area contributed by atoms with Crippen molar-refractivity contribution in [2.24, 2.45) is 0 Å². The number of hydrogen-bond donors (Lipinski definition) is 2. The zero-order valence-electron chi connectivity index (χ0n) is 14.4. The molecule has 0 spiro atoms. The average molecular weight is 403 g/mol. The third-order valence-electron chi connectivity index (χ3n) is 3.79. The fourth-order valence-electron chi connectivity index (χ4n) is 2.38. The van der Waals surface area contributed by atoms with Crippen molar-refractivity contribution in [1.29, 1.82) is 0 Å². The summed E-state index contributed by atoms with van der Waals surface area (Å²) in [6.45, 7) is 0. The number of alkyl halides is 3. The third-order valence-corrected chi connectivity index (χ3v) is 5.87. The third kappa shape index (κ3) is 4.88. The lowest BCUT2D eigenvalue weighted by molar-refractivity contribution is -0.137. The highest BCUT2D eigenvalue weighted by Crippen LogP contribution is 2.59. The fraction of sp³-hybridized carbons (Fsp3) is 0.235. The van der Waals surface area contributed by atoms with Gasteiger partial charge in [0, 0.05) is 19.9 Å². The van der Waals surface area contributed by atoms with Gasteiger partial charge in [-0.05, 0) is 35.9 Å². The van der Waals surface area contributed by atoms with Crippen LogP contribution in [0.25, 0.3) is 0 Å². The summed E-state index contributed by atoms with van der Waals surface area (Å²) in [5.74, 6) is -2.30. The molecule has 1 atom stereocenters. The van der Waals surface area contributed by atoms with Gasteiger partial charge in [0.05, 0.1) is 11.1 Å². The minimum absolute atomic E-state index is 0.00114. The highest BCUT2D eigenvalue weighted by molar-refractivity contribution is 7.54. The number of halogens is 3. The number of benzene rings is 2. The van der Waals surface area contributed by atoms with Crippen molar-refractivity contribution in [3.63, 3.8) is 0 Å². The molecule has 0 saturated carbocycles. The molecule has 2 aromatic carbocycles. The Morgan fingerprint density at radius 1 is 1.11 bits per heavy atom. The molecule has 0 heterocycles. The van der Waals surface area contributed by atoms with Crippen molar-refractivity contribution in [2.45, 2.75) is 12.0 Å². The summed E-state index contributed by atoms with van der Waals surface area (Å²) in [6, 6.07) is 9.72. The van der Waals surface area contributed by atoms with Crippen LogP contribution in [-0.2, 0) is 19.8 Å². The van der Waals surface area contributed by atoms with Gasteiger partial charge in [-0.2, -0.15) is 13.2 Å². The van der Waals surface area contributed by atoms with Gasteiger partial charge in [0.1, 0.15) is 0 Å². The van der Waals surface area contributed by atoms with E-state index in [1.807, 2.05) is 0 Å². The van der Waals surface area contributed by atoms with Crippen LogP contribution in [0.1, 0.15) is 27.3 Å². The fourth-order valence-corrected chi connectivity index (χ4v) is 3.80. The molecule has 0 aliphatic rings. The minimum Gasteiger partial charge on any atom is -0.478 e. The van der Waals surface area contributed by atoms with Crippen molar-refractivity contribution in [3.8, 4) is 0 Å². The quantitative estimate of drug-likeness (QED) is 0.633. The maximum absolute atomic E-state index is 12.9. The smallest absolute Gasteiger partial charge is 0.416 e. The topological polar surface area (TPSA) is 84.9 Å². The van der Waals surface area contributed by atoms with Crippen LogP contribution in [0, 0.1) is 0 Å². The van der Waals surface area contributed by atoms with E-state index in [1.165, 1.54) is 36.4 Å². The van der Waals surface area contributed by atoms with E-state index in [0.717, 1.165) is 26.4 Å². The molecule has 0 amide bonds. The number of aromatic carboxylic acids is 1. The number of hydrogen-bond acceptors (Lipinski definition) is 5. The summed E-state index contributed by atoms with van der Waals surface area (Å²) < 4.78 is 61.7. The summed E-state index contributed by atoms with van der Waals surface area (Å²) in [5.41, 5.74) is -0.505. The average Bonchev–Trinajstić information content (AvgIpc) is 2.65. The second kappa shape index (κ2) is 8.12. The van der Waals surface area contributed by atoms with E-state index in [9.17, 15) is 22.5 Å². The molecule has 1 unspecified atom stereocenters. The van der Waals surface area contributed by atoms with Crippen molar-refractivity contribution >= 4 is 19.3 Å². The Bertz CT molecular complexity index is 846. The zero-order valence-corrected chi connectivity index (χ0v) is 15.3. The predicted octanol–water partition coefficient (Wildman–Crippen LogP) is 5.00. The molecule has 6 nitrogen and oxygen atoms in total. The Labute approximate surface area is 153 Å². The maximum atomic E-state index is 12.9. The van der Waals surface area contributed by atoms with Gasteiger partial charge in [-0.25, -0.2) is 4.79 Å². The Kier molecular flexibility index (Phi) is 6.30. The first-order valence-electron chi connectivity index (χ1n) is 7.59. The monoisotopic (exact) mass is 403 g/mol. The lowest BCUT2D eigenvalue weighted by Crippen LogP contribution is -2.15. The van der Waals surface area contributed by atoms with Gasteiger partial charge in [-0.1, -0.05) is 18.2 Å². The molecule has 0 bridgehead atoms. The van der Waals surface area contributed by atoms with Crippen molar-refractivity contribution < 1.29 is 36.7 Å². The summed E-state index contributed by atoms with van der Waals surface area (Å²) in [5, 5.41) is 11.7. The van der Waals surface area contributed by atoms with Gasteiger partial charge in [-0.15, -0.1) is 0 Å². The molecule has 0 aromatic heterocycles. The summed E-state index contributed by atoms with van der Waals surface area (Å²) in [6.07, 6.45) is -4.54. The molecule has 0 aliphatic heterocycles. The van der Waals surface area contributed by atoms with Crippen LogP contribution in [-0.4, -0.2) is 25.3 Å². The van der Waals surface area contributed by atoms with Crippen LogP contribution < -0.4 is 5.32 Å². The van der Waals surface area contributed by atoms with Gasteiger partial charge < -0.3 is 19.5 Å². The molecule has 27 heavy (non-hydrogen) atoms. The molecule has 146 valence electrons. The molecule has 0 fully saturated rings. The first-order valence-corrected chi connectivity index (χ1v) is 9.20. The molecular formula is C17H17F3NO5P. The first-order chi connectivity index (χ1) is 12.6. The highest BCUT2D eigenvalue weighted by Gasteiger charge is 2.36. The number of carboxylic acid groups (broad SMARTS) is 1. The molecule has 0 saturated heterocycles. The largest absolute Gasteiger partial charge is 0.478 e. The van der Waals surface area contributed by atoms with Gasteiger partial charge in [0.15, 0.2) is 5.78 Å². The molecule has 2 N–H and O–H groups in total. The van der Waals surface area contributed by atoms with Crippen LogP contribution in [0.15, 0.2) is 48.5 Å². The Balaban J connectivity index is 2.45. The standard InChI is InChI=1S/C17H17F3NO5P/c1-25-27(24,26-2)15(11-6-8-12(9-7-11)16(22)23)21-14-5-3-4-13(10-14)17(18,19)20/h3-10,15,21H,1-2H3,(H,22,23). The Morgan fingerprint density at radius 3 is 2.19 bits per heavy atom. The van der Waals surface area contributed by atoms with E-state index in [2.05, 4.69) is 5.32 Å². The second-order valence-corrected chi connectivity index (χ2v) is 7.78. The van der Waals surface area contributed by atoms with E-state index in [4.69, 9.17) is 14.2 Å². The van der Waals surface area contributed by atoms with E-state index in [1.54, 1.807) is 0 Å². The number of carbonyl (C=O) groups is 1. The van der Waals surface area contributed by atoms with E-state index >= 15 is 0 Å². The van der Waals surface area contributed by atoms with Gasteiger partial charge >= 0.3 is 19.7 Å². The lowest BCUT2D eigenvalue weighted by Gasteiger charge is -2.27. The number of nitrogens with one attached hydrogen (secondary N) is 1. The van der Waals surface area contributed by atoms with Gasteiger partial charge in [0.2, 0.25) is 0 Å². The maximum Gasteiger partial charge on any atom is 0.416 e. The van der Waals surface area contributed by atoms with E-state index in [-0.39, 0.29) is 11.3 Å². The predicted molar refractivity (Wildman–Crippen MR) is 92.8 cm³/mol. The summed E-state index contributed by atoms with van der Waals surface area (Å²) >= 11 is 0. The Hall–Kier alpha value is -2.35. The number of carboxylic acids is 1. The van der Waals surface area contributed by atoms with Crippen molar-refractivity contribution in [2.75, 3.05) is 19.5 Å². The van der Waals surface area contributed by atoms with Crippen LogP contribution in [0.5, 0.6) is 0 Å².